The van der Waals surface area contributed by atoms with Crippen molar-refractivity contribution >= 4 is 50.1 Å². The van der Waals surface area contributed by atoms with Crippen molar-refractivity contribution in [3.05, 3.63) is 52.8 Å². The van der Waals surface area contributed by atoms with Gasteiger partial charge in [-0.15, -0.1) is 10.2 Å². The molecule has 1 aliphatic rings. The molecule has 200 valence electrons. The maximum Gasteiger partial charge on any atom is 0.260 e. The number of benzene rings is 1. The Morgan fingerprint density at radius 2 is 2.13 bits per heavy atom. The number of H-pyrrole nitrogens is 1. The molecule has 1 fully saturated rings. The van der Waals surface area contributed by atoms with Crippen molar-refractivity contribution in [3.63, 3.8) is 0 Å². The second kappa shape index (κ2) is 9.07. The van der Waals surface area contributed by atoms with Gasteiger partial charge in [0, 0.05) is 23.7 Å². The van der Waals surface area contributed by atoms with E-state index in [9.17, 15) is 14.7 Å². The zero-order valence-electron chi connectivity index (χ0n) is 21.0. The first-order chi connectivity index (χ1) is 18.6. The number of fused-ring (bicyclic) bond motifs is 3. The summed E-state index contributed by atoms with van der Waals surface area (Å²) in [4.78, 5) is 35.2. The van der Waals surface area contributed by atoms with Gasteiger partial charge in [-0.1, -0.05) is 0 Å². The molecule has 1 aromatic carbocycles. The third kappa shape index (κ3) is 4.25. The van der Waals surface area contributed by atoms with Crippen LogP contribution in [0.1, 0.15) is 25.8 Å². The lowest BCUT2D eigenvalue weighted by Crippen LogP contribution is -2.58. The zero-order chi connectivity index (χ0) is 27.5. The highest BCUT2D eigenvalue weighted by Crippen LogP contribution is 2.33. The van der Waals surface area contributed by atoms with Crippen LogP contribution in [0.2, 0.25) is 0 Å². The average Bonchev–Trinajstić information content (AvgIpc) is 3.56. The Hall–Kier alpha value is -4.47. The number of rotatable bonds is 5. The Bertz CT molecular complexity index is 1800. The number of hydrogen-bond donors (Lipinski definition) is 3. The minimum absolute atomic E-state index is 0.0965. The Morgan fingerprint density at radius 3 is 2.92 bits per heavy atom. The number of aliphatic hydroxyl groups excluding tert-OH is 1. The summed E-state index contributed by atoms with van der Waals surface area (Å²) in [5.41, 5.74) is 5.47. The predicted octanol–water partition coefficient (Wildman–Crippen LogP) is 1.34. The summed E-state index contributed by atoms with van der Waals surface area (Å²) < 4.78 is 17.4. The van der Waals surface area contributed by atoms with Gasteiger partial charge in [-0.05, 0) is 37.5 Å². The molecule has 1 aliphatic heterocycles. The number of amides is 1. The van der Waals surface area contributed by atoms with Gasteiger partial charge >= 0.3 is 0 Å². The average molecular weight is 550 g/mol. The van der Waals surface area contributed by atoms with E-state index in [4.69, 9.17) is 15.2 Å². The summed E-state index contributed by atoms with van der Waals surface area (Å²) >= 11 is 1.09. The summed E-state index contributed by atoms with van der Waals surface area (Å²) in [7, 11) is 1.48. The lowest BCUT2D eigenvalue weighted by Gasteiger charge is -2.42. The Balaban J connectivity index is 1.34. The molecule has 1 unspecified atom stereocenters. The van der Waals surface area contributed by atoms with E-state index >= 15 is 0 Å². The summed E-state index contributed by atoms with van der Waals surface area (Å²) in [6.45, 7) is 3.76. The van der Waals surface area contributed by atoms with E-state index < -0.39 is 29.3 Å². The third-order valence-corrected chi connectivity index (χ3v) is 7.26. The molecule has 15 heteroatoms. The molecule has 14 nitrogen and oxygen atoms in total. The topological polar surface area (TPSA) is 187 Å². The molecule has 6 rings (SSSR count). The van der Waals surface area contributed by atoms with E-state index in [1.165, 1.54) is 22.9 Å². The molecule has 5 aromatic rings. The van der Waals surface area contributed by atoms with Gasteiger partial charge in [-0.2, -0.15) is 9.47 Å². The minimum Gasteiger partial charge on any atom is -0.480 e. The maximum atomic E-state index is 13.6. The first-order valence-corrected chi connectivity index (χ1v) is 12.6. The van der Waals surface area contributed by atoms with Crippen LogP contribution < -0.4 is 20.9 Å². The summed E-state index contributed by atoms with van der Waals surface area (Å²) in [6, 6.07) is 6.66. The van der Waals surface area contributed by atoms with Gasteiger partial charge in [0.05, 0.1) is 46.7 Å². The highest BCUT2D eigenvalue weighted by Gasteiger charge is 2.45. The number of aromatic nitrogens is 7. The molecule has 39 heavy (non-hydrogen) atoms. The van der Waals surface area contributed by atoms with Crippen molar-refractivity contribution in [1.82, 2.24) is 34.3 Å². The number of methoxy groups -OCH3 is 1. The number of ether oxygens (including phenoxy) is 2. The molecule has 2 atom stereocenters. The van der Waals surface area contributed by atoms with Crippen LogP contribution in [0.25, 0.3) is 26.7 Å². The van der Waals surface area contributed by atoms with Crippen LogP contribution in [0.15, 0.2) is 41.5 Å². The predicted molar refractivity (Wildman–Crippen MR) is 142 cm³/mol. The van der Waals surface area contributed by atoms with E-state index in [1.807, 2.05) is 0 Å². The van der Waals surface area contributed by atoms with Gasteiger partial charge in [0.15, 0.2) is 11.9 Å². The number of carbonyl (C=O) groups is 1. The van der Waals surface area contributed by atoms with Crippen LogP contribution in [0.5, 0.6) is 5.88 Å². The van der Waals surface area contributed by atoms with E-state index in [0.29, 0.717) is 44.2 Å². The smallest absolute Gasteiger partial charge is 0.260 e. The SMILES string of the molecule is COc1cc(-n2ccc(N3CC(C)(C)O[C@H](C(O)c4nc5ccc6c(N)nsc6c5c(=O)[nH]4)C3=O)n2)cnn1. The van der Waals surface area contributed by atoms with Crippen molar-refractivity contribution in [1.29, 1.82) is 0 Å². The zero-order valence-corrected chi connectivity index (χ0v) is 21.8. The van der Waals surface area contributed by atoms with Crippen LogP contribution in [0, 0.1) is 0 Å². The number of anilines is 2. The van der Waals surface area contributed by atoms with E-state index in [2.05, 4.69) is 29.6 Å². The van der Waals surface area contributed by atoms with Crippen LogP contribution in [0.4, 0.5) is 11.6 Å². The Kier molecular flexibility index (Phi) is 5.78. The van der Waals surface area contributed by atoms with Gasteiger partial charge in [0.25, 0.3) is 11.5 Å². The van der Waals surface area contributed by atoms with E-state index in [1.54, 1.807) is 44.3 Å². The molecule has 0 saturated carbocycles. The fourth-order valence-corrected chi connectivity index (χ4v) is 5.39. The number of morpholine rings is 1. The minimum atomic E-state index is -1.56. The van der Waals surface area contributed by atoms with Crippen molar-refractivity contribution in [3.8, 4) is 11.6 Å². The Labute approximate surface area is 224 Å². The first kappa shape index (κ1) is 24.8. The van der Waals surface area contributed by atoms with Crippen LogP contribution in [0.3, 0.4) is 0 Å². The first-order valence-electron chi connectivity index (χ1n) is 11.8. The highest BCUT2D eigenvalue weighted by molar-refractivity contribution is 7.14. The molecule has 0 radical (unpaired) electrons. The maximum absolute atomic E-state index is 13.6. The van der Waals surface area contributed by atoms with Crippen LogP contribution >= 0.6 is 11.5 Å². The number of aromatic amines is 1. The number of hydrogen-bond acceptors (Lipinski definition) is 12. The monoisotopic (exact) mass is 549 g/mol. The molecular weight excluding hydrogens is 526 g/mol. The number of nitrogens with two attached hydrogens (primary N) is 1. The molecule has 4 aromatic heterocycles. The highest BCUT2D eigenvalue weighted by atomic mass is 32.1. The van der Waals surface area contributed by atoms with Gasteiger partial charge in [-0.25, -0.2) is 9.67 Å². The largest absolute Gasteiger partial charge is 0.480 e. The van der Waals surface area contributed by atoms with Crippen molar-refractivity contribution in [2.24, 2.45) is 0 Å². The van der Waals surface area contributed by atoms with E-state index in [-0.39, 0.29) is 12.4 Å². The summed E-state index contributed by atoms with van der Waals surface area (Å²) in [5, 5.41) is 24.5. The molecule has 1 amide bonds. The van der Waals surface area contributed by atoms with Crippen molar-refractivity contribution in [2.45, 2.75) is 31.7 Å². The summed E-state index contributed by atoms with van der Waals surface area (Å²) in [5.74, 6) is 0.347. The molecule has 0 bridgehead atoms. The number of nitrogen functional groups attached to an aromatic ring is 1. The molecule has 0 aliphatic carbocycles. The van der Waals surface area contributed by atoms with Gasteiger partial charge in [-0.3, -0.25) is 14.5 Å². The fourth-order valence-electron chi connectivity index (χ4n) is 4.55. The molecular formula is C24H23N9O5S. The Morgan fingerprint density at radius 1 is 1.31 bits per heavy atom. The normalized spacial score (nSPS) is 18.1. The lowest BCUT2D eigenvalue weighted by molar-refractivity contribution is -0.166. The molecule has 1 saturated heterocycles. The fraction of sp³-hybridized carbons (Fsp3) is 0.292. The number of carbonyl (C=O) groups excluding carboxylic acids is 1. The second-order valence-electron chi connectivity index (χ2n) is 9.60. The lowest BCUT2D eigenvalue weighted by atomic mass is 10.0. The number of nitrogens with zero attached hydrogens (tertiary/aromatic N) is 7. The summed E-state index contributed by atoms with van der Waals surface area (Å²) in [6.07, 6.45) is 0.259. The second-order valence-corrected chi connectivity index (χ2v) is 10.4. The van der Waals surface area contributed by atoms with Crippen molar-refractivity contribution < 1.29 is 19.4 Å². The molecule has 5 heterocycles. The van der Waals surface area contributed by atoms with E-state index in [0.717, 1.165) is 11.5 Å². The van der Waals surface area contributed by atoms with Gasteiger partial charge in [0.2, 0.25) is 5.88 Å². The van der Waals surface area contributed by atoms with Crippen LogP contribution in [-0.4, -0.2) is 70.7 Å². The van der Waals surface area contributed by atoms with Gasteiger partial charge < -0.3 is 25.3 Å². The quantitative estimate of drug-likeness (QED) is 0.287. The van der Waals surface area contributed by atoms with Crippen LogP contribution in [-0.2, 0) is 9.53 Å². The standard InChI is InChI=1S/C24H23N9O5S/c1-24(2)10-32(14-6-7-33(30-14)11-8-15(37-3)29-26-9-11)23(36)18(38-24)17(34)21-27-13-5-4-12-19(39-31-20(12)25)16(13)22(35)28-21/h4-9,17-18,34H,10H2,1-3H3,(H2,25,31)(H,27,28,35)/t17?,18-/m1/s1. The molecule has 4 N–H and O–H groups in total. The number of nitrogens with one attached hydrogen (secondary N) is 1. The molecule has 0 spiro atoms. The number of aliphatic hydroxyl groups is 1. The van der Waals surface area contributed by atoms with Crippen molar-refractivity contribution in [2.75, 3.05) is 24.3 Å². The third-order valence-electron chi connectivity index (χ3n) is 6.36. The van der Waals surface area contributed by atoms with Gasteiger partial charge in [0.1, 0.15) is 17.7 Å².